The van der Waals surface area contributed by atoms with Gasteiger partial charge < -0.3 is 19.7 Å². The molecule has 4 rings (SSSR count). The zero-order valence-electron chi connectivity index (χ0n) is 19.9. The van der Waals surface area contributed by atoms with Gasteiger partial charge in [0.05, 0.1) is 20.1 Å². The predicted octanol–water partition coefficient (Wildman–Crippen LogP) is 4.95. The van der Waals surface area contributed by atoms with Gasteiger partial charge in [0.15, 0.2) is 0 Å². The third kappa shape index (κ3) is 7.09. The van der Waals surface area contributed by atoms with E-state index in [1.807, 2.05) is 30.3 Å². The molecule has 1 N–H and O–H groups in total. The van der Waals surface area contributed by atoms with Gasteiger partial charge in [-0.05, 0) is 73.3 Å². The standard InChI is InChI=1S/C29H34N2O3/c1-33-27-13-15-28(16-14-27)34-20-17-29(32)30-26(22-31-18-5-6-19-31)21-23-9-11-25(12-10-23)24-7-3-2-4-8-24/h2-4,7-16,26H,5-6,17-22H2,1H3,(H,30,32). The van der Waals surface area contributed by atoms with E-state index in [1.165, 1.54) is 29.5 Å². The van der Waals surface area contributed by atoms with Gasteiger partial charge in [-0.25, -0.2) is 0 Å². The molecule has 0 aliphatic carbocycles. The monoisotopic (exact) mass is 458 g/mol. The van der Waals surface area contributed by atoms with Gasteiger partial charge in [0, 0.05) is 12.6 Å². The molecule has 1 saturated heterocycles. The summed E-state index contributed by atoms with van der Waals surface area (Å²) in [6.45, 7) is 3.45. The van der Waals surface area contributed by atoms with Crippen molar-refractivity contribution in [3.05, 3.63) is 84.4 Å². The van der Waals surface area contributed by atoms with Crippen LogP contribution >= 0.6 is 0 Å². The first-order valence-corrected chi connectivity index (χ1v) is 12.1. The Bertz CT molecular complexity index is 1010. The summed E-state index contributed by atoms with van der Waals surface area (Å²) in [6.07, 6.45) is 3.62. The SMILES string of the molecule is COc1ccc(OCCC(=O)NC(Cc2ccc(-c3ccccc3)cc2)CN2CCCC2)cc1. The number of benzene rings is 3. The van der Waals surface area contributed by atoms with Crippen molar-refractivity contribution in [3.63, 3.8) is 0 Å². The van der Waals surface area contributed by atoms with Gasteiger partial charge in [0.1, 0.15) is 11.5 Å². The fourth-order valence-corrected chi connectivity index (χ4v) is 4.42. The van der Waals surface area contributed by atoms with Crippen molar-refractivity contribution in [2.24, 2.45) is 0 Å². The number of ether oxygens (including phenoxy) is 2. The van der Waals surface area contributed by atoms with E-state index >= 15 is 0 Å². The zero-order valence-corrected chi connectivity index (χ0v) is 19.9. The Kier molecular flexibility index (Phi) is 8.58. The van der Waals surface area contributed by atoms with E-state index in [1.54, 1.807) is 7.11 Å². The Labute approximate surface area is 202 Å². The number of methoxy groups -OCH3 is 1. The molecule has 0 saturated carbocycles. The summed E-state index contributed by atoms with van der Waals surface area (Å²) in [5.41, 5.74) is 3.66. The van der Waals surface area contributed by atoms with Gasteiger partial charge in [-0.15, -0.1) is 0 Å². The van der Waals surface area contributed by atoms with E-state index in [2.05, 4.69) is 58.7 Å². The summed E-state index contributed by atoms with van der Waals surface area (Å²) < 4.78 is 10.9. The summed E-state index contributed by atoms with van der Waals surface area (Å²) >= 11 is 0. The lowest BCUT2D eigenvalue weighted by Gasteiger charge is -2.25. The van der Waals surface area contributed by atoms with Gasteiger partial charge in [0.2, 0.25) is 5.91 Å². The van der Waals surface area contributed by atoms with Crippen molar-refractivity contribution in [3.8, 4) is 22.6 Å². The lowest BCUT2D eigenvalue weighted by Crippen LogP contribution is -2.44. The Morgan fingerprint density at radius 3 is 2.21 bits per heavy atom. The second-order valence-corrected chi connectivity index (χ2v) is 8.81. The van der Waals surface area contributed by atoms with E-state index in [-0.39, 0.29) is 11.9 Å². The second kappa shape index (κ2) is 12.2. The fourth-order valence-electron chi connectivity index (χ4n) is 4.42. The van der Waals surface area contributed by atoms with Crippen LogP contribution in [0.4, 0.5) is 0 Å². The van der Waals surface area contributed by atoms with Crippen LogP contribution in [0.2, 0.25) is 0 Å². The molecule has 0 bridgehead atoms. The van der Waals surface area contributed by atoms with E-state index in [0.29, 0.717) is 13.0 Å². The molecule has 178 valence electrons. The first-order valence-electron chi connectivity index (χ1n) is 12.1. The molecule has 1 fully saturated rings. The van der Waals surface area contributed by atoms with Crippen molar-refractivity contribution < 1.29 is 14.3 Å². The minimum absolute atomic E-state index is 0.0265. The Balaban J connectivity index is 1.32. The van der Waals surface area contributed by atoms with Crippen LogP contribution in [0, 0.1) is 0 Å². The molecule has 0 radical (unpaired) electrons. The Hall–Kier alpha value is -3.31. The smallest absolute Gasteiger partial charge is 0.223 e. The van der Waals surface area contributed by atoms with Crippen molar-refractivity contribution in [1.29, 1.82) is 0 Å². The molecule has 1 unspecified atom stereocenters. The van der Waals surface area contributed by atoms with Gasteiger partial charge in [-0.2, -0.15) is 0 Å². The van der Waals surface area contributed by atoms with Gasteiger partial charge in [-0.3, -0.25) is 4.79 Å². The number of amides is 1. The quantitative estimate of drug-likeness (QED) is 0.442. The molecule has 5 heteroatoms. The predicted molar refractivity (Wildman–Crippen MR) is 136 cm³/mol. The van der Waals surface area contributed by atoms with Gasteiger partial charge in [0.25, 0.3) is 0 Å². The highest BCUT2D eigenvalue weighted by Crippen LogP contribution is 2.20. The molecule has 1 atom stereocenters. The van der Waals surface area contributed by atoms with Gasteiger partial charge >= 0.3 is 0 Å². The zero-order chi connectivity index (χ0) is 23.6. The average molecular weight is 459 g/mol. The third-order valence-electron chi connectivity index (χ3n) is 6.24. The molecular formula is C29H34N2O3. The minimum atomic E-state index is 0.0265. The number of hydrogen-bond acceptors (Lipinski definition) is 4. The highest BCUT2D eigenvalue weighted by molar-refractivity contribution is 5.76. The maximum atomic E-state index is 12.7. The largest absolute Gasteiger partial charge is 0.497 e. The number of hydrogen-bond donors (Lipinski definition) is 1. The number of likely N-dealkylation sites (tertiary alicyclic amines) is 1. The van der Waals surface area contributed by atoms with E-state index in [4.69, 9.17) is 9.47 Å². The third-order valence-corrected chi connectivity index (χ3v) is 6.24. The normalized spacial score (nSPS) is 14.5. The highest BCUT2D eigenvalue weighted by Gasteiger charge is 2.20. The number of carbonyl (C=O) groups is 1. The van der Waals surface area contributed by atoms with Crippen molar-refractivity contribution in [2.75, 3.05) is 33.4 Å². The number of nitrogens with one attached hydrogen (secondary N) is 1. The molecule has 1 aliphatic rings. The van der Waals surface area contributed by atoms with Crippen molar-refractivity contribution in [2.45, 2.75) is 31.7 Å². The molecule has 3 aromatic carbocycles. The van der Waals surface area contributed by atoms with E-state index < -0.39 is 0 Å². The molecule has 1 aliphatic heterocycles. The topological polar surface area (TPSA) is 50.8 Å². The van der Waals surface area contributed by atoms with Crippen LogP contribution in [0.1, 0.15) is 24.8 Å². The van der Waals surface area contributed by atoms with Crippen molar-refractivity contribution >= 4 is 5.91 Å². The molecule has 1 amide bonds. The van der Waals surface area contributed by atoms with Crippen molar-refractivity contribution in [1.82, 2.24) is 10.2 Å². The van der Waals surface area contributed by atoms with Crippen LogP contribution in [-0.4, -0.2) is 50.2 Å². The lowest BCUT2D eigenvalue weighted by atomic mass is 10.0. The molecule has 0 spiro atoms. The van der Waals surface area contributed by atoms with Crippen LogP contribution in [0.3, 0.4) is 0 Å². The first-order chi connectivity index (χ1) is 16.7. The molecular weight excluding hydrogens is 424 g/mol. The highest BCUT2D eigenvalue weighted by atomic mass is 16.5. The Morgan fingerprint density at radius 1 is 0.882 bits per heavy atom. The lowest BCUT2D eigenvalue weighted by molar-refractivity contribution is -0.122. The maximum absolute atomic E-state index is 12.7. The second-order valence-electron chi connectivity index (χ2n) is 8.81. The summed E-state index contributed by atoms with van der Waals surface area (Å²) in [4.78, 5) is 15.2. The summed E-state index contributed by atoms with van der Waals surface area (Å²) in [5.74, 6) is 1.55. The van der Waals surface area contributed by atoms with E-state index in [9.17, 15) is 4.79 Å². The molecule has 5 nitrogen and oxygen atoms in total. The fraction of sp³-hybridized carbons (Fsp3) is 0.345. The van der Waals surface area contributed by atoms with Crippen LogP contribution in [0.5, 0.6) is 11.5 Å². The number of nitrogens with zero attached hydrogens (tertiary/aromatic N) is 1. The van der Waals surface area contributed by atoms with Gasteiger partial charge in [-0.1, -0.05) is 54.6 Å². The average Bonchev–Trinajstić information content (AvgIpc) is 3.38. The summed E-state index contributed by atoms with van der Waals surface area (Å²) in [6, 6.07) is 26.6. The maximum Gasteiger partial charge on any atom is 0.223 e. The van der Waals surface area contributed by atoms with E-state index in [0.717, 1.165) is 37.6 Å². The van der Waals surface area contributed by atoms with Crippen LogP contribution < -0.4 is 14.8 Å². The molecule has 34 heavy (non-hydrogen) atoms. The molecule has 0 aromatic heterocycles. The molecule has 1 heterocycles. The summed E-state index contributed by atoms with van der Waals surface area (Å²) in [7, 11) is 1.64. The molecule has 3 aromatic rings. The van der Waals surface area contributed by atoms with Crippen LogP contribution in [0.15, 0.2) is 78.9 Å². The first kappa shape index (κ1) is 23.8. The van der Waals surface area contributed by atoms with Crippen LogP contribution in [-0.2, 0) is 11.2 Å². The number of rotatable bonds is 11. The van der Waals surface area contributed by atoms with Crippen LogP contribution in [0.25, 0.3) is 11.1 Å². The minimum Gasteiger partial charge on any atom is -0.497 e. The Morgan fingerprint density at radius 2 is 1.53 bits per heavy atom. The number of carbonyl (C=O) groups excluding carboxylic acids is 1. The summed E-state index contributed by atoms with van der Waals surface area (Å²) in [5, 5.41) is 3.26.